The van der Waals surface area contributed by atoms with Gasteiger partial charge in [-0.05, 0) is 5.92 Å². The standard InChI is InChI=1S/C8H16O2/c1-3-7(2)8(10)5-4-6-9/h4-5,7-10H,3,6H2,1-2H3/b5-4+/t7-,8+/m0/s1. The van der Waals surface area contributed by atoms with Crippen LogP contribution in [0, 0.1) is 5.92 Å². The Morgan fingerprint density at radius 2 is 2.10 bits per heavy atom. The fourth-order valence-electron chi connectivity index (χ4n) is 0.631. The third kappa shape index (κ3) is 3.64. The van der Waals surface area contributed by atoms with Gasteiger partial charge in [-0.25, -0.2) is 0 Å². The Kier molecular flexibility index (Phi) is 5.26. The lowest BCUT2D eigenvalue weighted by atomic mass is 10.0. The molecule has 0 bridgehead atoms. The van der Waals surface area contributed by atoms with Crippen molar-refractivity contribution in [3.05, 3.63) is 12.2 Å². The monoisotopic (exact) mass is 144 g/mol. The van der Waals surface area contributed by atoms with Gasteiger partial charge in [0.25, 0.3) is 0 Å². The molecule has 0 aliphatic carbocycles. The Labute approximate surface area is 62.2 Å². The van der Waals surface area contributed by atoms with E-state index in [-0.39, 0.29) is 12.5 Å². The van der Waals surface area contributed by atoms with Gasteiger partial charge >= 0.3 is 0 Å². The highest BCUT2D eigenvalue weighted by Crippen LogP contribution is 2.07. The Morgan fingerprint density at radius 3 is 2.50 bits per heavy atom. The van der Waals surface area contributed by atoms with Crippen molar-refractivity contribution in [1.82, 2.24) is 0 Å². The van der Waals surface area contributed by atoms with Crippen LogP contribution in [0.4, 0.5) is 0 Å². The van der Waals surface area contributed by atoms with E-state index in [2.05, 4.69) is 0 Å². The van der Waals surface area contributed by atoms with E-state index in [0.717, 1.165) is 6.42 Å². The molecule has 2 nitrogen and oxygen atoms in total. The first-order valence-corrected chi connectivity index (χ1v) is 3.68. The van der Waals surface area contributed by atoms with E-state index in [4.69, 9.17) is 5.11 Å². The summed E-state index contributed by atoms with van der Waals surface area (Å²) in [5, 5.41) is 17.6. The average Bonchev–Trinajstić information content (AvgIpc) is 1.98. The van der Waals surface area contributed by atoms with Crippen LogP contribution in [0.1, 0.15) is 20.3 Å². The zero-order valence-corrected chi connectivity index (χ0v) is 6.62. The van der Waals surface area contributed by atoms with E-state index in [1.54, 1.807) is 12.2 Å². The second-order valence-electron chi connectivity index (χ2n) is 2.49. The SMILES string of the molecule is CC[C@H](C)[C@H](O)/C=C/CO. The molecule has 0 radical (unpaired) electrons. The first kappa shape index (κ1) is 9.66. The Hall–Kier alpha value is -0.340. The smallest absolute Gasteiger partial charge is 0.0747 e. The number of aliphatic hydroxyl groups is 2. The van der Waals surface area contributed by atoms with Crippen LogP contribution in [0.5, 0.6) is 0 Å². The summed E-state index contributed by atoms with van der Waals surface area (Å²) in [5.41, 5.74) is 0. The summed E-state index contributed by atoms with van der Waals surface area (Å²) in [6.07, 6.45) is 3.75. The molecule has 0 aromatic carbocycles. The Morgan fingerprint density at radius 1 is 1.50 bits per heavy atom. The van der Waals surface area contributed by atoms with Crippen molar-refractivity contribution in [3.8, 4) is 0 Å². The van der Waals surface area contributed by atoms with Crippen molar-refractivity contribution in [2.45, 2.75) is 26.4 Å². The molecule has 0 unspecified atom stereocenters. The van der Waals surface area contributed by atoms with Gasteiger partial charge in [0.05, 0.1) is 12.7 Å². The van der Waals surface area contributed by atoms with Gasteiger partial charge < -0.3 is 10.2 Å². The van der Waals surface area contributed by atoms with Crippen molar-refractivity contribution in [2.24, 2.45) is 5.92 Å². The molecule has 2 N–H and O–H groups in total. The van der Waals surface area contributed by atoms with Crippen LogP contribution in [0.3, 0.4) is 0 Å². The van der Waals surface area contributed by atoms with Gasteiger partial charge in [-0.1, -0.05) is 32.4 Å². The number of hydrogen-bond acceptors (Lipinski definition) is 2. The molecule has 0 aromatic rings. The molecule has 0 aliphatic rings. The van der Waals surface area contributed by atoms with Gasteiger partial charge in [-0.2, -0.15) is 0 Å². The third-order valence-electron chi connectivity index (χ3n) is 1.67. The molecule has 0 aliphatic heterocycles. The predicted molar refractivity (Wildman–Crippen MR) is 41.7 cm³/mol. The van der Waals surface area contributed by atoms with Crippen LogP contribution in [-0.4, -0.2) is 22.9 Å². The van der Waals surface area contributed by atoms with Crippen molar-refractivity contribution >= 4 is 0 Å². The lowest BCUT2D eigenvalue weighted by Gasteiger charge is -2.11. The van der Waals surface area contributed by atoms with Gasteiger partial charge in [0, 0.05) is 0 Å². The molecular formula is C8H16O2. The van der Waals surface area contributed by atoms with Crippen LogP contribution < -0.4 is 0 Å². The second-order valence-corrected chi connectivity index (χ2v) is 2.49. The zero-order valence-electron chi connectivity index (χ0n) is 6.62. The summed E-state index contributed by atoms with van der Waals surface area (Å²) >= 11 is 0. The summed E-state index contributed by atoms with van der Waals surface area (Å²) in [6, 6.07) is 0. The summed E-state index contributed by atoms with van der Waals surface area (Å²) in [4.78, 5) is 0. The zero-order chi connectivity index (χ0) is 7.98. The minimum absolute atomic E-state index is 0.00743. The first-order valence-electron chi connectivity index (χ1n) is 3.68. The Balaban J connectivity index is 3.60. The normalized spacial score (nSPS) is 17.6. The molecule has 0 amide bonds. The molecule has 10 heavy (non-hydrogen) atoms. The average molecular weight is 144 g/mol. The largest absolute Gasteiger partial charge is 0.392 e. The fourth-order valence-corrected chi connectivity index (χ4v) is 0.631. The van der Waals surface area contributed by atoms with Crippen LogP contribution in [0.25, 0.3) is 0 Å². The van der Waals surface area contributed by atoms with Crippen molar-refractivity contribution in [3.63, 3.8) is 0 Å². The molecule has 0 spiro atoms. The predicted octanol–water partition coefficient (Wildman–Crippen LogP) is 0.942. The minimum atomic E-state index is -0.405. The summed E-state index contributed by atoms with van der Waals surface area (Å²) in [6.45, 7) is 4.01. The third-order valence-corrected chi connectivity index (χ3v) is 1.67. The van der Waals surface area contributed by atoms with Gasteiger partial charge in [-0.15, -0.1) is 0 Å². The summed E-state index contributed by atoms with van der Waals surface area (Å²) in [7, 11) is 0. The van der Waals surface area contributed by atoms with Crippen LogP contribution in [0.2, 0.25) is 0 Å². The topological polar surface area (TPSA) is 40.5 Å². The first-order chi connectivity index (χ1) is 4.72. The molecule has 0 heterocycles. The number of aliphatic hydroxyl groups excluding tert-OH is 2. The quantitative estimate of drug-likeness (QED) is 0.576. The van der Waals surface area contributed by atoms with E-state index in [9.17, 15) is 5.11 Å². The molecule has 0 rings (SSSR count). The molecular weight excluding hydrogens is 128 g/mol. The van der Waals surface area contributed by atoms with Crippen LogP contribution in [0.15, 0.2) is 12.2 Å². The van der Waals surface area contributed by atoms with Gasteiger partial charge in [0.15, 0.2) is 0 Å². The van der Waals surface area contributed by atoms with E-state index >= 15 is 0 Å². The highest BCUT2D eigenvalue weighted by Gasteiger charge is 2.06. The van der Waals surface area contributed by atoms with Gasteiger partial charge in [-0.3, -0.25) is 0 Å². The maximum absolute atomic E-state index is 9.25. The molecule has 0 fully saturated rings. The van der Waals surface area contributed by atoms with Crippen LogP contribution in [-0.2, 0) is 0 Å². The van der Waals surface area contributed by atoms with Crippen LogP contribution >= 0.6 is 0 Å². The summed E-state index contributed by atoms with van der Waals surface area (Å²) < 4.78 is 0. The number of hydrogen-bond donors (Lipinski definition) is 2. The van der Waals surface area contributed by atoms with E-state index in [1.165, 1.54) is 0 Å². The fraction of sp³-hybridized carbons (Fsp3) is 0.750. The molecule has 60 valence electrons. The number of rotatable bonds is 4. The van der Waals surface area contributed by atoms with E-state index in [1.807, 2.05) is 13.8 Å². The van der Waals surface area contributed by atoms with Gasteiger partial charge in [0.2, 0.25) is 0 Å². The maximum atomic E-state index is 9.25. The molecule has 0 saturated heterocycles. The van der Waals surface area contributed by atoms with E-state index < -0.39 is 6.10 Å². The van der Waals surface area contributed by atoms with Gasteiger partial charge in [0.1, 0.15) is 0 Å². The maximum Gasteiger partial charge on any atom is 0.0747 e. The van der Waals surface area contributed by atoms with Crippen molar-refractivity contribution in [1.29, 1.82) is 0 Å². The highest BCUT2D eigenvalue weighted by molar-refractivity contribution is 4.90. The second kappa shape index (κ2) is 5.45. The molecule has 0 saturated carbocycles. The lowest BCUT2D eigenvalue weighted by Crippen LogP contribution is -2.13. The van der Waals surface area contributed by atoms with E-state index in [0.29, 0.717) is 0 Å². The molecule has 2 heteroatoms. The molecule has 2 atom stereocenters. The minimum Gasteiger partial charge on any atom is -0.392 e. The molecule has 0 aromatic heterocycles. The summed E-state index contributed by atoms with van der Waals surface area (Å²) in [5.74, 6) is 0.280. The Bertz CT molecular complexity index is 99.4. The lowest BCUT2D eigenvalue weighted by molar-refractivity contribution is 0.159. The van der Waals surface area contributed by atoms with Crippen molar-refractivity contribution < 1.29 is 10.2 Å². The van der Waals surface area contributed by atoms with Crippen molar-refractivity contribution in [2.75, 3.05) is 6.61 Å². The highest BCUT2D eigenvalue weighted by atomic mass is 16.3.